The SMILES string of the molecule is O=C(NCc1ccnc(F)c1)N1CC2(CCN(CC=Cc3ccc(Cl)cc3)CC2)c2cc(-c3cc[nH]c(=O)c3)ccc21. The first-order valence-electron chi connectivity index (χ1n) is 14.0. The van der Waals surface area contributed by atoms with Crippen LogP contribution in [0.4, 0.5) is 14.9 Å². The Labute approximate surface area is 248 Å². The van der Waals surface area contributed by atoms with Crippen LogP contribution in [0.25, 0.3) is 17.2 Å². The van der Waals surface area contributed by atoms with Gasteiger partial charge in [-0.2, -0.15) is 4.39 Å². The molecule has 9 heteroatoms. The van der Waals surface area contributed by atoms with Crippen LogP contribution in [0.15, 0.2) is 90.0 Å². The Hall–Kier alpha value is -4.27. The number of fused-ring (bicyclic) bond motifs is 2. The summed E-state index contributed by atoms with van der Waals surface area (Å²) in [5, 5.41) is 3.68. The molecule has 0 unspecified atom stereocenters. The molecule has 1 fully saturated rings. The number of hydrogen-bond acceptors (Lipinski definition) is 4. The van der Waals surface area contributed by atoms with E-state index in [4.69, 9.17) is 11.6 Å². The average molecular weight is 584 g/mol. The van der Waals surface area contributed by atoms with E-state index in [0.29, 0.717) is 12.1 Å². The molecule has 0 saturated carbocycles. The molecule has 2 amide bonds. The predicted octanol–water partition coefficient (Wildman–Crippen LogP) is 6.01. The van der Waals surface area contributed by atoms with E-state index in [0.717, 1.165) is 65.4 Å². The molecule has 1 spiro atoms. The van der Waals surface area contributed by atoms with Gasteiger partial charge < -0.3 is 10.3 Å². The van der Waals surface area contributed by atoms with Gasteiger partial charge in [-0.1, -0.05) is 42.0 Å². The fourth-order valence-electron chi connectivity index (χ4n) is 5.98. The summed E-state index contributed by atoms with van der Waals surface area (Å²) in [7, 11) is 0. The van der Waals surface area contributed by atoms with Crippen molar-refractivity contribution < 1.29 is 9.18 Å². The molecule has 2 aliphatic rings. The summed E-state index contributed by atoms with van der Waals surface area (Å²) >= 11 is 6.00. The van der Waals surface area contributed by atoms with E-state index in [2.05, 4.69) is 38.4 Å². The van der Waals surface area contributed by atoms with Crippen molar-refractivity contribution in [2.75, 3.05) is 31.1 Å². The van der Waals surface area contributed by atoms with Gasteiger partial charge in [0.15, 0.2) is 0 Å². The molecular formula is C33H31ClFN5O2. The van der Waals surface area contributed by atoms with Crippen molar-refractivity contribution in [1.82, 2.24) is 20.2 Å². The van der Waals surface area contributed by atoms with Gasteiger partial charge in [0.25, 0.3) is 0 Å². The monoisotopic (exact) mass is 583 g/mol. The largest absolute Gasteiger partial charge is 0.334 e. The maximum absolute atomic E-state index is 13.6. The molecule has 4 heterocycles. The highest BCUT2D eigenvalue weighted by atomic mass is 35.5. The first-order chi connectivity index (χ1) is 20.4. The van der Waals surface area contributed by atoms with E-state index in [9.17, 15) is 14.0 Å². The first-order valence-corrected chi connectivity index (χ1v) is 14.4. The number of likely N-dealkylation sites (tertiary alicyclic amines) is 1. The molecule has 42 heavy (non-hydrogen) atoms. The molecule has 214 valence electrons. The third kappa shape index (κ3) is 6.00. The number of aromatic amines is 1. The van der Waals surface area contributed by atoms with E-state index < -0.39 is 5.95 Å². The van der Waals surface area contributed by atoms with Crippen LogP contribution < -0.4 is 15.8 Å². The summed E-state index contributed by atoms with van der Waals surface area (Å²) in [5.74, 6) is -0.575. The molecule has 2 aromatic carbocycles. The number of carbonyl (C=O) groups is 1. The maximum Gasteiger partial charge on any atom is 0.322 e. The van der Waals surface area contributed by atoms with E-state index in [1.165, 1.54) is 12.3 Å². The zero-order valence-corrected chi connectivity index (χ0v) is 23.8. The molecule has 2 aromatic heterocycles. The van der Waals surface area contributed by atoms with Gasteiger partial charge in [-0.05, 0) is 96.2 Å². The minimum Gasteiger partial charge on any atom is -0.334 e. The second kappa shape index (κ2) is 11.9. The predicted molar refractivity (Wildman–Crippen MR) is 164 cm³/mol. The fourth-order valence-corrected chi connectivity index (χ4v) is 6.11. The van der Waals surface area contributed by atoms with Gasteiger partial charge in [-0.15, -0.1) is 0 Å². The van der Waals surface area contributed by atoms with Gasteiger partial charge in [0.05, 0.1) is 0 Å². The molecule has 6 rings (SSSR count). The molecule has 7 nitrogen and oxygen atoms in total. The number of anilines is 1. The highest BCUT2D eigenvalue weighted by Gasteiger charge is 2.46. The van der Waals surface area contributed by atoms with Crippen LogP contribution in [0.2, 0.25) is 5.02 Å². The van der Waals surface area contributed by atoms with Gasteiger partial charge in [0.2, 0.25) is 11.5 Å². The number of nitrogens with zero attached hydrogens (tertiary/aromatic N) is 3. The number of urea groups is 1. The van der Waals surface area contributed by atoms with Gasteiger partial charge in [-0.3, -0.25) is 14.6 Å². The smallest absolute Gasteiger partial charge is 0.322 e. The lowest BCUT2D eigenvalue weighted by Crippen LogP contribution is -2.47. The van der Waals surface area contributed by atoms with Crippen molar-refractivity contribution in [1.29, 1.82) is 0 Å². The standard InChI is InChI=1S/C33H31ClFN5O2/c34-27-6-3-23(4-7-27)2-1-15-39-16-11-33(12-17-39)22-40(32(42)38-21-24-9-13-36-30(35)18-24)29-8-5-25(19-28(29)33)26-10-14-37-31(41)20-26/h1-10,13-14,18-20H,11-12,15-17,21-22H2,(H,37,41)(H,38,42). The summed E-state index contributed by atoms with van der Waals surface area (Å²) in [6, 6.07) is 20.1. The summed E-state index contributed by atoms with van der Waals surface area (Å²) in [6.45, 7) is 3.39. The fraction of sp³-hybridized carbons (Fsp3) is 0.242. The van der Waals surface area contributed by atoms with Gasteiger partial charge in [0.1, 0.15) is 0 Å². The molecule has 0 bridgehead atoms. The molecule has 2 aliphatic heterocycles. The number of carbonyl (C=O) groups excluding carboxylic acids is 1. The van der Waals surface area contributed by atoms with Crippen molar-refractivity contribution in [3.8, 4) is 11.1 Å². The lowest BCUT2D eigenvalue weighted by molar-refractivity contribution is 0.180. The normalized spacial score (nSPS) is 16.2. The maximum atomic E-state index is 13.6. The van der Waals surface area contributed by atoms with Crippen LogP contribution in [0.5, 0.6) is 0 Å². The summed E-state index contributed by atoms with van der Waals surface area (Å²) < 4.78 is 13.6. The Morgan fingerprint density at radius 2 is 1.83 bits per heavy atom. The number of piperidine rings is 1. The number of H-pyrrole nitrogens is 1. The zero-order valence-electron chi connectivity index (χ0n) is 23.0. The van der Waals surface area contributed by atoms with Crippen LogP contribution >= 0.6 is 11.6 Å². The number of rotatable bonds is 6. The summed E-state index contributed by atoms with van der Waals surface area (Å²) in [5.41, 5.74) is 5.18. The Bertz CT molecular complexity index is 1680. The minimum absolute atomic E-state index is 0.156. The van der Waals surface area contributed by atoms with E-state index >= 15 is 0 Å². The van der Waals surface area contributed by atoms with Crippen LogP contribution in [-0.4, -0.2) is 47.1 Å². The molecule has 0 radical (unpaired) electrons. The number of aromatic nitrogens is 2. The van der Waals surface area contributed by atoms with Crippen molar-refractivity contribution in [3.05, 3.63) is 123 Å². The summed E-state index contributed by atoms with van der Waals surface area (Å²) in [6.07, 6.45) is 9.13. The highest BCUT2D eigenvalue weighted by molar-refractivity contribution is 6.30. The minimum atomic E-state index is -0.575. The van der Waals surface area contributed by atoms with Gasteiger partial charge in [-0.25, -0.2) is 9.78 Å². The molecule has 2 N–H and O–H groups in total. The topological polar surface area (TPSA) is 81.3 Å². The second-order valence-electron chi connectivity index (χ2n) is 10.9. The Morgan fingerprint density at radius 3 is 2.60 bits per heavy atom. The van der Waals surface area contributed by atoms with Gasteiger partial charge >= 0.3 is 6.03 Å². The summed E-state index contributed by atoms with van der Waals surface area (Å²) in [4.78, 5) is 36.0. The quantitative estimate of drug-likeness (QED) is 0.273. The van der Waals surface area contributed by atoms with E-state index in [1.807, 2.05) is 47.4 Å². The van der Waals surface area contributed by atoms with Crippen molar-refractivity contribution in [2.24, 2.45) is 0 Å². The van der Waals surface area contributed by atoms with Crippen molar-refractivity contribution in [3.63, 3.8) is 0 Å². The number of amides is 2. The van der Waals surface area contributed by atoms with E-state index in [-0.39, 0.29) is 23.6 Å². The molecule has 4 aromatic rings. The zero-order chi connectivity index (χ0) is 29.1. The Kier molecular flexibility index (Phi) is 7.91. The first kappa shape index (κ1) is 27.9. The molecular weight excluding hydrogens is 553 g/mol. The van der Waals surface area contributed by atoms with Crippen LogP contribution in [0.3, 0.4) is 0 Å². The number of nitrogens with one attached hydrogen (secondary N) is 2. The van der Waals surface area contributed by atoms with Crippen molar-refractivity contribution >= 4 is 29.4 Å². The lowest BCUT2D eigenvalue weighted by Gasteiger charge is -2.39. The third-order valence-corrected chi connectivity index (χ3v) is 8.52. The molecule has 1 saturated heterocycles. The Morgan fingerprint density at radius 1 is 1.05 bits per heavy atom. The molecule has 0 aliphatic carbocycles. The third-order valence-electron chi connectivity index (χ3n) is 8.26. The second-order valence-corrected chi connectivity index (χ2v) is 11.4. The van der Waals surface area contributed by atoms with Crippen LogP contribution in [0.1, 0.15) is 29.5 Å². The number of benzene rings is 2. The lowest BCUT2D eigenvalue weighted by atomic mass is 9.73. The Balaban J connectivity index is 1.22. The molecule has 0 atom stereocenters. The average Bonchev–Trinajstić information content (AvgIpc) is 3.31. The highest BCUT2D eigenvalue weighted by Crippen LogP contribution is 2.48. The number of pyridine rings is 2. The van der Waals surface area contributed by atoms with Gasteiger partial charge in [0, 0.05) is 54.2 Å². The van der Waals surface area contributed by atoms with E-state index in [1.54, 1.807) is 18.3 Å². The van der Waals surface area contributed by atoms with Crippen molar-refractivity contribution in [2.45, 2.75) is 24.8 Å². The van der Waals surface area contributed by atoms with Crippen LogP contribution in [0, 0.1) is 5.95 Å². The number of hydrogen-bond donors (Lipinski definition) is 2. The number of halogens is 2. The van der Waals surface area contributed by atoms with Crippen LogP contribution in [-0.2, 0) is 12.0 Å².